The van der Waals surface area contributed by atoms with Crippen LogP contribution >= 0.6 is 0 Å². The number of alkyl halides is 3. The molecule has 0 aliphatic carbocycles. The van der Waals surface area contributed by atoms with Crippen molar-refractivity contribution in [1.82, 2.24) is 0 Å². The summed E-state index contributed by atoms with van der Waals surface area (Å²) in [6.45, 7) is 5.03. The van der Waals surface area contributed by atoms with Gasteiger partial charge in [-0.15, -0.1) is 0 Å². The minimum Gasteiger partial charge on any atom is -0.497 e. The molecular formula is C20H25F3N2O+2. The number of piperazine rings is 1. The Morgan fingerprint density at radius 1 is 0.885 bits per heavy atom. The van der Waals surface area contributed by atoms with Gasteiger partial charge in [-0.2, -0.15) is 13.2 Å². The summed E-state index contributed by atoms with van der Waals surface area (Å²) < 4.78 is 44.7. The lowest BCUT2D eigenvalue weighted by Crippen LogP contribution is -3.27. The van der Waals surface area contributed by atoms with E-state index in [0.29, 0.717) is 12.1 Å². The molecular weight excluding hydrogens is 341 g/mol. The molecule has 140 valence electrons. The average Bonchev–Trinajstić information content (AvgIpc) is 2.63. The van der Waals surface area contributed by atoms with Crippen LogP contribution in [0.4, 0.5) is 13.2 Å². The Kier molecular flexibility index (Phi) is 5.84. The molecule has 0 bridgehead atoms. The van der Waals surface area contributed by atoms with E-state index in [2.05, 4.69) is 6.07 Å². The van der Waals surface area contributed by atoms with Crippen molar-refractivity contribution < 1.29 is 27.7 Å². The lowest BCUT2D eigenvalue weighted by Gasteiger charge is -2.30. The smallest absolute Gasteiger partial charge is 0.416 e. The first-order chi connectivity index (χ1) is 12.5. The molecule has 1 saturated heterocycles. The van der Waals surface area contributed by atoms with Gasteiger partial charge in [0.05, 0.1) is 12.7 Å². The summed E-state index contributed by atoms with van der Waals surface area (Å²) >= 11 is 0. The summed E-state index contributed by atoms with van der Waals surface area (Å²) in [6, 6.07) is 14.0. The molecule has 0 amide bonds. The molecule has 1 aliphatic heterocycles. The fraction of sp³-hybridized carbons (Fsp3) is 0.400. The number of hydrogen-bond acceptors (Lipinski definition) is 1. The van der Waals surface area contributed by atoms with Crippen LogP contribution < -0.4 is 14.5 Å². The average molecular weight is 366 g/mol. The van der Waals surface area contributed by atoms with E-state index in [9.17, 15) is 13.2 Å². The Labute approximate surface area is 152 Å². The standard InChI is InChI=1S/C20H23F3N2O/c1-26-18-7-4-5-16(13-18)14-24-9-11-25(12-10-24)15-17-6-2-3-8-19(17)20(21,22)23/h2-8,13H,9-12,14-15H2,1H3/p+2. The zero-order valence-electron chi connectivity index (χ0n) is 14.9. The molecule has 0 unspecified atom stereocenters. The van der Waals surface area contributed by atoms with Crippen molar-refractivity contribution in [3.05, 3.63) is 65.2 Å². The maximum Gasteiger partial charge on any atom is 0.416 e. The highest BCUT2D eigenvalue weighted by Crippen LogP contribution is 2.31. The Morgan fingerprint density at radius 2 is 1.54 bits per heavy atom. The van der Waals surface area contributed by atoms with Crippen molar-refractivity contribution in [1.29, 1.82) is 0 Å². The molecule has 0 aromatic heterocycles. The summed E-state index contributed by atoms with van der Waals surface area (Å²) in [6.07, 6.45) is -4.28. The van der Waals surface area contributed by atoms with E-state index < -0.39 is 11.7 Å². The maximum absolute atomic E-state index is 13.1. The molecule has 1 aliphatic rings. The van der Waals surface area contributed by atoms with Gasteiger partial charge in [-0.05, 0) is 18.2 Å². The fourth-order valence-electron chi connectivity index (χ4n) is 3.60. The van der Waals surface area contributed by atoms with E-state index in [4.69, 9.17) is 4.74 Å². The molecule has 2 aromatic carbocycles. The molecule has 3 rings (SSSR count). The zero-order valence-corrected chi connectivity index (χ0v) is 14.9. The van der Waals surface area contributed by atoms with Gasteiger partial charge in [0.25, 0.3) is 0 Å². The van der Waals surface area contributed by atoms with Gasteiger partial charge in [-0.1, -0.05) is 30.3 Å². The van der Waals surface area contributed by atoms with Crippen molar-refractivity contribution in [2.24, 2.45) is 0 Å². The van der Waals surface area contributed by atoms with Gasteiger partial charge in [-0.25, -0.2) is 0 Å². The van der Waals surface area contributed by atoms with Crippen LogP contribution in [0, 0.1) is 0 Å². The topological polar surface area (TPSA) is 18.1 Å². The molecule has 3 nitrogen and oxygen atoms in total. The molecule has 0 spiro atoms. The summed E-state index contributed by atoms with van der Waals surface area (Å²) in [5.41, 5.74) is 1.12. The van der Waals surface area contributed by atoms with Crippen LogP contribution in [0.25, 0.3) is 0 Å². The number of ether oxygens (including phenoxy) is 1. The summed E-state index contributed by atoms with van der Waals surface area (Å²) in [5.74, 6) is 0.856. The second kappa shape index (κ2) is 8.10. The van der Waals surface area contributed by atoms with Gasteiger partial charge >= 0.3 is 6.18 Å². The highest BCUT2D eigenvalue weighted by atomic mass is 19.4. The van der Waals surface area contributed by atoms with Crippen LogP contribution in [0.3, 0.4) is 0 Å². The summed E-state index contributed by atoms with van der Waals surface area (Å²) in [4.78, 5) is 2.68. The second-order valence-electron chi connectivity index (χ2n) is 6.86. The zero-order chi connectivity index (χ0) is 18.6. The minimum atomic E-state index is -4.28. The van der Waals surface area contributed by atoms with Gasteiger partial charge in [0.1, 0.15) is 45.0 Å². The van der Waals surface area contributed by atoms with Gasteiger partial charge in [0, 0.05) is 11.1 Å². The van der Waals surface area contributed by atoms with Crippen LogP contribution in [0.2, 0.25) is 0 Å². The Balaban J connectivity index is 1.56. The van der Waals surface area contributed by atoms with E-state index in [1.54, 1.807) is 19.2 Å². The number of benzene rings is 2. The third-order valence-electron chi connectivity index (χ3n) is 5.02. The molecule has 0 saturated carbocycles. The van der Waals surface area contributed by atoms with E-state index in [1.807, 2.05) is 18.2 Å². The van der Waals surface area contributed by atoms with Crippen molar-refractivity contribution in [3.63, 3.8) is 0 Å². The van der Waals surface area contributed by atoms with Crippen molar-refractivity contribution in [2.45, 2.75) is 19.3 Å². The summed E-state index contributed by atoms with van der Waals surface area (Å²) in [7, 11) is 1.66. The molecule has 0 atom stereocenters. The van der Waals surface area contributed by atoms with Crippen LogP contribution in [0.5, 0.6) is 5.75 Å². The molecule has 1 fully saturated rings. The summed E-state index contributed by atoms with van der Waals surface area (Å²) in [5, 5.41) is 0. The SMILES string of the molecule is COc1cccc(C[NH+]2CC[NH+](Cc3ccccc3C(F)(F)F)CC2)c1. The maximum atomic E-state index is 13.1. The van der Waals surface area contributed by atoms with Crippen molar-refractivity contribution >= 4 is 0 Å². The number of halogens is 3. The van der Waals surface area contributed by atoms with Gasteiger partial charge < -0.3 is 14.5 Å². The van der Waals surface area contributed by atoms with Crippen LogP contribution in [-0.4, -0.2) is 33.3 Å². The number of quaternary nitrogens is 2. The first kappa shape index (κ1) is 18.7. The number of hydrogen-bond donors (Lipinski definition) is 2. The Hall–Kier alpha value is -2.05. The van der Waals surface area contributed by atoms with E-state index in [0.717, 1.165) is 38.5 Å². The van der Waals surface area contributed by atoms with E-state index >= 15 is 0 Å². The van der Waals surface area contributed by atoms with Crippen molar-refractivity contribution in [2.75, 3.05) is 33.3 Å². The van der Waals surface area contributed by atoms with E-state index in [1.165, 1.54) is 27.5 Å². The van der Waals surface area contributed by atoms with Crippen LogP contribution in [0.1, 0.15) is 16.7 Å². The Bertz CT molecular complexity index is 725. The predicted molar refractivity (Wildman–Crippen MR) is 93.2 cm³/mol. The normalized spacial score (nSPS) is 20.8. The number of methoxy groups -OCH3 is 1. The molecule has 2 aromatic rings. The van der Waals surface area contributed by atoms with Gasteiger partial charge in [0.15, 0.2) is 0 Å². The lowest BCUT2D eigenvalue weighted by molar-refractivity contribution is -1.02. The van der Waals surface area contributed by atoms with E-state index in [-0.39, 0.29) is 0 Å². The lowest BCUT2D eigenvalue weighted by atomic mass is 10.1. The van der Waals surface area contributed by atoms with Gasteiger partial charge in [0.2, 0.25) is 0 Å². The van der Waals surface area contributed by atoms with Crippen LogP contribution in [-0.2, 0) is 19.3 Å². The highest BCUT2D eigenvalue weighted by molar-refractivity contribution is 5.29. The van der Waals surface area contributed by atoms with Crippen LogP contribution in [0.15, 0.2) is 48.5 Å². The first-order valence-corrected chi connectivity index (χ1v) is 8.91. The third-order valence-corrected chi connectivity index (χ3v) is 5.02. The number of nitrogens with one attached hydrogen (secondary N) is 2. The molecule has 6 heteroatoms. The number of rotatable bonds is 5. The highest BCUT2D eigenvalue weighted by Gasteiger charge is 2.34. The minimum absolute atomic E-state index is 0.395. The molecule has 26 heavy (non-hydrogen) atoms. The predicted octanol–water partition coefficient (Wildman–Crippen LogP) is 1.20. The largest absolute Gasteiger partial charge is 0.497 e. The molecule has 2 N–H and O–H groups in total. The Morgan fingerprint density at radius 3 is 2.19 bits per heavy atom. The monoisotopic (exact) mass is 366 g/mol. The van der Waals surface area contributed by atoms with Gasteiger partial charge in [-0.3, -0.25) is 0 Å². The second-order valence-corrected chi connectivity index (χ2v) is 6.86. The molecule has 1 heterocycles. The third kappa shape index (κ3) is 4.77. The van der Waals surface area contributed by atoms with Crippen molar-refractivity contribution in [3.8, 4) is 5.75 Å². The fourth-order valence-corrected chi connectivity index (χ4v) is 3.60. The quantitative estimate of drug-likeness (QED) is 0.814. The molecule has 0 radical (unpaired) electrons. The first-order valence-electron chi connectivity index (χ1n) is 8.91.